The summed E-state index contributed by atoms with van der Waals surface area (Å²) in [4.78, 5) is 12.6. The minimum Gasteiger partial charge on any atom is -0.294 e. The summed E-state index contributed by atoms with van der Waals surface area (Å²) in [5.41, 5.74) is 4.77. The number of benzene rings is 2. The zero-order valence-corrected chi connectivity index (χ0v) is 13.8. The van der Waals surface area contributed by atoms with Crippen molar-refractivity contribution in [3.05, 3.63) is 69.2 Å². The van der Waals surface area contributed by atoms with E-state index in [1.54, 1.807) is 0 Å². The van der Waals surface area contributed by atoms with Crippen LogP contribution in [0.4, 0.5) is 0 Å². The normalized spacial score (nSPS) is 17.3. The highest BCUT2D eigenvalue weighted by Crippen LogP contribution is 2.35. The lowest BCUT2D eigenvalue weighted by Gasteiger charge is -2.25. The second-order valence-electron chi connectivity index (χ2n) is 5.90. The van der Waals surface area contributed by atoms with Gasteiger partial charge >= 0.3 is 0 Å². The standard InChI is InChI=1S/C19H19BrO/c1-13-9-10-17(18(20)11-13)19(21)12-15-7-4-6-14-5-2-3-8-16(14)15/h2-3,5,8-11,15H,4,6-7,12H2,1H3. The van der Waals surface area contributed by atoms with Crippen LogP contribution in [0.1, 0.15) is 52.2 Å². The van der Waals surface area contributed by atoms with E-state index in [-0.39, 0.29) is 5.78 Å². The van der Waals surface area contributed by atoms with E-state index in [0.717, 1.165) is 22.9 Å². The number of hydrogen-bond acceptors (Lipinski definition) is 1. The molecule has 1 unspecified atom stereocenters. The van der Waals surface area contributed by atoms with Crippen LogP contribution in [0, 0.1) is 6.92 Å². The zero-order valence-electron chi connectivity index (χ0n) is 12.2. The summed E-state index contributed by atoms with van der Waals surface area (Å²) >= 11 is 3.52. The van der Waals surface area contributed by atoms with Crippen molar-refractivity contribution in [3.8, 4) is 0 Å². The molecule has 0 amide bonds. The highest BCUT2D eigenvalue weighted by Gasteiger charge is 2.23. The van der Waals surface area contributed by atoms with Crippen LogP contribution in [-0.4, -0.2) is 5.78 Å². The Bertz CT molecular complexity index is 675. The van der Waals surface area contributed by atoms with Crippen LogP contribution in [0.15, 0.2) is 46.9 Å². The van der Waals surface area contributed by atoms with Gasteiger partial charge in [0.25, 0.3) is 0 Å². The van der Waals surface area contributed by atoms with Crippen molar-refractivity contribution in [2.24, 2.45) is 0 Å². The van der Waals surface area contributed by atoms with E-state index in [2.05, 4.69) is 40.2 Å². The average molecular weight is 343 g/mol. The molecular weight excluding hydrogens is 324 g/mol. The van der Waals surface area contributed by atoms with E-state index in [0.29, 0.717) is 12.3 Å². The maximum Gasteiger partial charge on any atom is 0.164 e. The molecule has 0 N–H and O–H groups in total. The minimum absolute atomic E-state index is 0.239. The molecule has 2 heteroatoms. The van der Waals surface area contributed by atoms with Gasteiger partial charge in [-0.15, -0.1) is 0 Å². The second-order valence-corrected chi connectivity index (χ2v) is 6.75. The molecule has 1 aliphatic rings. The molecule has 0 fully saturated rings. The van der Waals surface area contributed by atoms with E-state index < -0.39 is 0 Å². The predicted molar refractivity (Wildman–Crippen MR) is 89.9 cm³/mol. The highest BCUT2D eigenvalue weighted by atomic mass is 79.9. The molecule has 0 bridgehead atoms. The number of fused-ring (bicyclic) bond motifs is 1. The summed E-state index contributed by atoms with van der Waals surface area (Å²) in [7, 11) is 0. The second kappa shape index (κ2) is 6.15. The van der Waals surface area contributed by atoms with E-state index in [1.165, 1.54) is 23.1 Å². The number of carbonyl (C=O) groups is 1. The van der Waals surface area contributed by atoms with Gasteiger partial charge in [0.05, 0.1) is 0 Å². The third-order valence-corrected chi connectivity index (χ3v) is 5.01. The monoisotopic (exact) mass is 342 g/mol. The third-order valence-electron chi connectivity index (χ3n) is 4.35. The Balaban J connectivity index is 1.83. The molecule has 0 heterocycles. The van der Waals surface area contributed by atoms with Gasteiger partial charge in [-0.25, -0.2) is 0 Å². The van der Waals surface area contributed by atoms with Crippen LogP contribution in [0.25, 0.3) is 0 Å². The summed E-state index contributed by atoms with van der Waals surface area (Å²) < 4.78 is 0.914. The predicted octanol–water partition coefficient (Wildman–Crippen LogP) is 5.45. The van der Waals surface area contributed by atoms with Gasteiger partial charge in [0.2, 0.25) is 0 Å². The fraction of sp³-hybridized carbons (Fsp3) is 0.316. The molecular formula is C19H19BrO. The summed E-state index contributed by atoms with van der Waals surface area (Å²) in [5, 5.41) is 0. The molecule has 0 saturated carbocycles. The molecule has 21 heavy (non-hydrogen) atoms. The summed E-state index contributed by atoms with van der Waals surface area (Å²) in [6, 6.07) is 14.5. The number of ketones is 1. The lowest BCUT2D eigenvalue weighted by molar-refractivity contribution is 0.0970. The van der Waals surface area contributed by atoms with E-state index >= 15 is 0 Å². The number of hydrogen-bond donors (Lipinski definition) is 0. The van der Waals surface area contributed by atoms with Crippen molar-refractivity contribution in [2.75, 3.05) is 0 Å². The van der Waals surface area contributed by atoms with Crippen molar-refractivity contribution in [3.63, 3.8) is 0 Å². The zero-order chi connectivity index (χ0) is 14.8. The van der Waals surface area contributed by atoms with Crippen LogP contribution in [0.2, 0.25) is 0 Å². The Morgan fingerprint density at radius 2 is 2.05 bits per heavy atom. The van der Waals surface area contributed by atoms with Crippen molar-refractivity contribution < 1.29 is 4.79 Å². The van der Waals surface area contributed by atoms with Crippen molar-refractivity contribution in [1.82, 2.24) is 0 Å². The summed E-state index contributed by atoms with van der Waals surface area (Å²) in [6.07, 6.45) is 4.06. The molecule has 3 rings (SSSR count). The third kappa shape index (κ3) is 3.11. The molecule has 0 aromatic heterocycles. The SMILES string of the molecule is Cc1ccc(C(=O)CC2CCCc3ccccc32)c(Br)c1. The number of Topliss-reactive ketones (excluding diaryl/α,β-unsaturated/α-hetero) is 1. The largest absolute Gasteiger partial charge is 0.294 e. The Hall–Kier alpha value is -1.41. The molecule has 1 aliphatic carbocycles. The first-order valence-electron chi connectivity index (χ1n) is 7.52. The number of aryl methyl sites for hydroxylation is 2. The Morgan fingerprint density at radius 3 is 2.86 bits per heavy atom. The fourth-order valence-corrected chi connectivity index (χ4v) is 3.96. The van der Waals surface area contributed by atoms with Gasteiger partial charge < -0.3 is 0 Å². The van der Waals surface area contributed by atoms with Crippen LogP contribution in [-0.2, 0) is 6.42 Å². The topological polar surface area (TPSA) is 17.1 Å². The van der Waals surface area contributed by atoms with Crippen LogP contribution in [0.5, 0.6) is 0 Å². The molecule has 0 saturated heterocycles. The van der Waals surface area contributed by atoms with Gasteiger partial charge in [0.1, 0.15) is 0 Å². The summed E-state index contributed by atoms with van der Waals surface area (Å²) in [6.45, 7) is 2.04. The first-order valence-corrected chi connectivity index (χ1v) is 8.31. The first kappa shape index (κ1) is 14.5. The van der Waals surface area contributed by atoms with E-state index in [4.69, 9.17) is 0 Å². The van der Waals surface area contributed by atoms with Crippen molar-refractivity contribution in [1.29, 1.82) is 0 Å². The molecule has 2 aromatic carbocycles. The molecule has 1 atom stereocenters. The van der Waals surface area contributed by atoms with Gasteiger partial charge in [-0.05, 0) is 54.9 Å². The van der Waals surface area contributed by atoms with Crippen molar-refractivity contribution in [2.45, 2.75) is 38.5 Å². The quantitative estimate of drug-likeness (QED) is 0.677. The fourth-order valence-electron chi connectivity index (χ4n) is 3.25. The Labute approximate surface area is 134 Å². The van der Waals surface area contributed by atoms with E-state index in [1.807, 2.05) is 25.1 Å². The van der Waals surface area contributed by atoms with Gasteiger partial charge in [-0.1, -0.05) is 52.3 Å². The lowest BCUT2D eigenvalue weighted by Crippen LogP contribution is -2.14. The molecule has 0 aliphatic heterocycles. The maximum atomic E-state index is 12.6. The highest BCUT2D eigenvalue weighted by molar-refractivity contribution is 9.10. The smallest absolute Gasteiger partial charge is 0.164 e. The Morgan fingerprint density at radius 1 is 1.24 bits per heavy atom. The Kier molecular flexibility index (Phi) is 4.25. The minimum atomic E-state index is 0.239. The van der Waals surface area contributed by atoms with Crippen LogP contribution in [0.3, 0.4) is 0 Å². The maximum absolute atomic E-state index is 12.6. The number of halogens is 1. The number of carbonyl (C=O) groups excluding carboxylic acids is 1. The molecule has 1 nitrogen and oxygen atoms in total. The average Bonchev–Trinajstić information content (AvgIpc) is 2.47. The molecule has 2 aromatic rings. The molecule has 0 radical (unpaired) electrons. The van der Waals surface area contributed by atoms with E-state index in [9.17, 15) is 4.79 Å². The molecule has 108 valence electrons. The summed E-state index contributed by atoms with van der Waals surface area (Å²) in [5.74, 6) is 0.610. The van der Waals surface area contributed by atoms with Crippen molar-refractivity contribution >= 4 is 21.7 Å². The van der Waals surface area contributed by atoms with Gasteiger partial charge in [-0.2, -0.15) is 0 Å². The van der Waals surface area contributed by atoms with Gasteiger partial charge in [0, 0.05) is 16.5 Å². The van der Waals surface area contributed by atoms with Crippen LogP contribution >= 0.6 is 15.9 Å². The lowest BCUT2D eigenvalue weighted by atomic mass is 9.79. The number of rotatable bonds is 3. The van der Waals surface area contributed by atoms with Gasteiger partial charge in [0.15, 0.2) is 5.78 Å². The van der Waals surface area contributed by atoms with Gasteiger partial charge in [-0.3, -0.25) is 4.79 Å². The van der Waals surface area contributed by atoms with Crippen LogP contribution < -0.4 is 0 Å². The molecule has 0 spiro atoms. The first-order chi connectivity index (χ1) is 10.1.